The van der Waals surface area contributed by atoms with Crippen molar-refractivity contribution in [3.63, 3.8) is 0 Å². The lowest BCUT2D eigenvalue weighted by Crippen LogP contribution is -2.25. The number of hydrogen-bond donors (Lipinski definition) is 0. The highest BCUT2D eigenvalue weighted by atomic mass is 32.1. The average molecular weight is 265 g/mol. The highest BCUT2D eigenvalue weighted by Crippen LogP contribution is 2.18. The largest absolute Gasteiger partial charge is 0.341 e. The Kier molecular flexibility index (Phi) is 8.93. The molecule has 0 bridgehead atoms. The first kappa shape index (κ1) is 16.6. The zero-order valence-corrected chi connectivity index (χ0v) is 12.3. The zero-order valence-electron chi connectivity index (χ0n) is 11.4. The predicted octanol–water partition coefficient (Wildman–Crippen LogP) is 4.04. The second-order valence-corrected chi connectivity index (χ2v) is 5.05. The summed E-state index contributed by atoms with van der Waals surface area (Å²) in [5, 5.41) is 0. The molecule has 0 aliphatic carbocycles. The summed E-state index contributed by atoms with van der Waals surface area (Å²) in [5.74, 6) is 0.186. The van der Waals surface area contributed by atoms with E-state index in [1.807, 2.05) is 7.05 Å². The Morgan fingerprint density at radius 3 is 2.50 bits per heavy atom. The second-order valence-electron chi connectivity index (χ2n) is 3.80. The van der Waals surface area contributed by atoms with Crippen LogP contribution in [-0.4, -0.2) is 17.9 Å². The molecular weight excluding hydrogens is 242 g/mol. The standard InChI is InChI=1S/C13H19NOS.C2H4/c1-4-6-7-13(15)14(3)10-12-9-8-11(5-2)16-12;1-2/h4,8-9H,1,5-7,10H2,2-3H3;1-2H2. The van der Waals surface area contributed by atoms with Crippen LogP contribution in [0.1, 0.15) is 29.5 Å². The van der Waals surface area contributed by atoms with E-state index in [-0.39, 0.29) is 5.91 Å². The van der Waals surface area contributed by atoms with Gasteiger partial charge in [-0.3, -0.25) is 4.79 Å². The fourth-order valence-corrected chi connectivity index (χ4v) is 2.45. The third kappa shape index (κ3) is 5.82. The second kappa shape index (κ2) is 9.66. The third-order valence-electron chi connectivity index (χ3n) is 2.45. The molecule has 1 aromatic heterocycles. The fraction of sp³-hybridized carbons (Fsp3) is 0.400. The van der Waals surface area contributed by atoms with Gasteiger partial charge in [-0.25, -0.2) is 0 Å². The van der Waals surface area contributed by atoms with Gasteiger partial charge in [0.1, 0.15) is 0 Å². The maximum Gasteiger partial charge on any atom is 0.222 e. The van der Waals surface area contributed by atoms with E-state index in [4.69, 9.17) is 0 Å². The van der Waals surface area contributed by atoms with Crippen molar-refractivity contribution in [2.75, 3.05) is 7.05 Å². The van der Waals surface area contributed by atoms with Crippen LogP contribution < -0.4 is 0 Å². The number of nitrogens with zero attached hydrogens (tertiary/aromatic N) is 1. The molecule has 0 fully saturated rings. The lowest BCUT2D eigenvalue weighted by Gasteiger charge is -2.15. The van der Waals surface area contributed by atoms with Crippen LogP contribution in [0.25, 0.3) is 0 Å². The monoisotopic (exact) mass is 265 g/mol. The van der Waals surface area contributed by atoms with E-state index in [1.54, 1.807) is 22.3 Å². The average Bonchev–Trinajstić information content (AvgIpc) is 2.85. The van der Waals surface area contributed by atoms with Gasteiger partial charge in [0.15, 0.2) is 0 Å². The van der Waals surface area contributed by atoms with E-state index < -0.39 is 0 Å². The van der Waals surface area contributed by atoms with Crippen molar-refractivity contribution in [3.05, 3.63) is 47.7 Å². The summed E-state index contributed by atoms with van der Waals surface area (Å²) in [6.07, 6.45) is 4.17. The van der Waals surface area contributed by atoms with Crippen molar-refractivity contribution in [1.29, 1.82) is 0 Å². The molecule has 18 heavy (non-hydrogen) atoms. The molecule has 1 heterocycles. The number of amides is 1. The van der Waals surface area contributed by atoms with Crippen LogP contribution in [0.3, 0.4) is 0 Å². The van der Waals surface area contributed by atoms with E-state index in [9.17, 15) is 4.79 Å². The summed E-state index contributed by atoms with van der Waals surface area (Å²) in [5.41, 5.74) is 0. The molecule has 0 unspecified atom stereocenters. The lowest BCUT2D eigenvalue weighted by molar-refractivity contribution is -0.130. The first-order valence-electron chi connectivity index (χ1n) is 6.09. The molecule has 0 N–H and O–H groups in total. The smallest absolute Gasteiger partial charge is 0.222 e. The Morgan fingerprint density at radius 2 is 2.00 bits per heavy atom. The first-order valence-corrected chi connectivity index (χ1v) is 6.91. The molecule has 0 saturated heterocycles. The minimum atomic E-state index is 0.186. The summed E-state index contributed by atoms with van der Waals surface area (Å²) >= 11 is 1.79. The summed E-state index contributed by atoms with van der Waals surface area (Å²) < 4.78 is 0. The Balaban J connectivity index is 0.00000137. The van der Waals surface area contributed by atoms with Gasteiger partial charge in [0.25, 0.3) is 0 Å². The van der Waals surface area contributed by atoms with E-state index in [0.29, 0.717) is 6.42 Å². The third-order valence-corrected chi connectivity index (χ3v) is 3.66. The van der Waals surface area contributed by atoms with E-state index in [2.05, 4.69) is 38.8 Å². The van der Waals surface area contributed by atoms with Crippen LogP contribution >= 0.6 is 11.3 Å². The van der Waals surface area contributed by atoms with Gasteiger partial charge in [0.05, 0.1) is 6.54 Å². The van der Waals surface area contributed by atoms with Crippen molar-refractivity contribution in [1.82, 2.24) is 4.90 Å². The molecule has 0 aliphatic rings. The summed E-state index contributed by atoms with van der Waals surface area (Å²) in [4.78, 5) is 16.1. The molecule has 1 rings (SSSR count). The molecule has 0 aromatic carbocycles. The fourth-order valence-electron chi connectivity index (χ4n) is 1.44. The maximum absolute atomic E-state index is 11.7. The van der Waals surface area contributed by atoms with Crippen LogP contribution in [0.15, 0.2) is 37.9 Å². The molecule has 0 saturated carbocycles. The Hall–Kier alpha value is -1.35. The Bertz CT molecular complexity index is 370. The molecule has 0 atom stereocenters. The van der Waals surface area contributed by atoms with Crippen molar-refractivity contribution in [3.8, 4) is 0 Å². The van der Waals surface area contributed by atoms with Crippen LogP contribution in [0, 0.1) is 0 Å². The highest BCUT2D eigenvalue weighted by Gasteiger charge is 2.09. The molecule has 2 nitrogen and oxygen atoms in total. The molecular formula is C15H23NOS. The molecule has 1 amide bonds. The summed E-state index contributed by atoms with van der Waals surface area (Å²) in [6.45, 7) is 12.5. The minimum absolute atomic E-state index is 0.186. The topological polar surface area (TPSA) is 20.3 Å². The number of thiophene rings is 1. The molecule has 1 aromatic rings. The highest BCUT2D eigenvalue weighted by molar-refractivity contribution is 7.11. The van der Waals surface area contributed by atoms with Gasteiger partial charge < -0.3 is 4.90 Å². The zero-order chi connectivity index (χ0) is 14.0. The maximum atomic E-state index is 11.7. The molecule has 0 spiro atoms. The first-order chi connectivity index (χ1) is 8.67. The van der Waals surface area contributed by atoms with Gasteiger partial charge in [0.2, 0.25) is 5.91 Å². The number of allylic oxidation sites excluding steroid dienone is 1. The van der Waals surface area contributed by atoms with Crippen LogP contribution in [0.5, 0.6) is 0 Å². The molecule has 0 aliphatic heterocycles. The SMILES string of the molecule is C=C.C=CCCC(=O)N(C)Cc1ccc(CC)s1. The van der Waals surface area contributed by atoms with Gasteiger partial charge in [0, 0.05) is 23.2 Å². The quantitative estimate of drug-likeness (QED) is 0.711. The van der Waals surface area contributed by atoms with Gasteiger partial charge in [-0.05, 0) is 25.0 Å². The van der Waals surface area contributed by atoms with Gasteiger partial charge in [-0.15, -0.1) is 31.1 Å². The molecule has 3 heteroatoms. The number of carbonyl (C=O) groups excluding carboxylic acids is 1. The van der Waals surface area contributed by atoms with E-state index >= 15 is 0 Å². The number of hydrogen-bond acceptors (Lipinski definition) is 2. The Morgan fingerprint density at radius 1 is 1.39 bits per heavy atom. The Labute approximate surface area is 115 Å². The molecule has 0 radical (unpaired) electrons. The minimum Gasteiger partial charge on any atom is -0.341 e. The summed E-state index contributed by atoms with van der Waals surface area (Å²) in [6, 6.07) is 4.25. The molecule has 100 valence electrons. The van der Waals surface area contributed by atoms with Crippen LogP contribution in [0.4, 0.5) is 0 Å². The normalized spacial score (nSPS) is 9.22. The predicted molar refractivity (Wildman–Crippen MR) is 80.9 cm³/mol. The van der Waals surface area contributed by atoms with Crippen molar-refractivity contribution in [2.24, 2.45) is 0 Å². The van der Waals surface area contributed by atoms with E-state index in [1.165, 1.54) is 9.75 Å². The summed E-state index contributed by atoms with van der Waals surface area (Å²) in [7, 11) is 1.86. The van der Waals surface area contributed by atoms with Crippen molar-refractivity contribution in [2.45, 2.75) is 32.7 Å². The number of carbonyl (C=O) groups is 1. The van der Waals surface area contributed by atoms with Crippen LogP contribution in [-0.2, 0) is 17.8 Å². The van der Waals surface area contributed by atoms with Crippen molar-refractivity contribution >= 4 is 17.2 Å². The number of rotatable bonds is 6. The van der Waals surface area contributed by atoms with Crippen LogP contribution in [0.2, 0.25) is 0 Å². The van der Waals surface area contributed by atoms with E-state index in [0.717, 1.165) is 19.4 Å². The van der Waals surface area contributed by atoms with Gasteiger partial charge >= 0.3 is 0 Å². The number of aryl methyl sites for hydroxylation is 1. The lowest BCUT2D eigenvalue weighted by atomic mass is 10.3. The van der Waals surface area contributed by atoms with Crippen molar-refractivity contribution < 1.29 is 4.79 Å². The van der Waals surface area contributed by atoms with Gasteiger partial charge in [-0.1, -0.05) is 13.0 Å². The van der Waals surface area contributed by atoms with Gasteiger partial charge in [-0.2, -0.15) is 0 Å².